The van der Waals surface area contributed by atoms with Crippen LogP contribution in [0.5, 0.6) is 0 Å². The zero-order valence-electron chi connectivity index (χ0n) is 11.6. The summed E-state index contributed by atoms with van der Waals surface area (Å²) in [5.74, 6) is 1.19. The lowest BCUT2D eigenvalue weighted by Crippen LogP contribution is -2.35. The zero-order valence-corrected chi connectivity index (χ0v) is 12.4. The van der Waals surface area contributed by atoms with Gasteiger partial charge in [0.1, 0.15) is 5.00 Å². The number of rotatable bonds is 3. The minimum atomic E-state index is 0.269. The smallest absolute Gasteiger partial charge is 0.230 e. The van der Waals surface area contributed by atoms with E-state index in [1.54, 1.807) is 11.3 Å². The zero-order chi connectivity index (χ0) is 13.2. The highest BCUT2D eigenvalue weighted by atomic mass is 32.1. The molecule has 0 atom stereocenters. The van der Waals surface area contributed by atoms with Crippen LogP contribution in [0.1, 0.15) is 62.3 Å². The molecular weight excluding hydrogens is 256 g/mol. The lowest BCUT2D eigenvalue weighted by Gasteiger charge is -2.28. The van der Waals surface area contributed by atoms with Crippen molar-refractivity contribution in [2.45, 2.75) is 57.3 Å². The van der Waals surface area contributed by atoms with Crippen LogP contribution in [-0.4, -0.2) is 17.9 Å². The molecule has 3 rings (SSSR count). The van der Waals surface area contributed by atoms with Crippen LogP contribution >= 0.6 is 11.3 Å². The van der Waals surface area contributed by atoms with Crippen molar-refractivity contribution < 1.29 is 4.79 Å². The second kappa shape index (κ2) is 5.61. The largest absolute Gasteiger partial charge is 0.305 e. The van der Waals surface area contributed by atoms with E-state index in [1.165, 1.54) is 43.5 Å². The number of carbonyl (C=O) groups is 1. The number of aromatic nitrogens is 1. The number of amides is 1. The molecule has 19 heavy (non-hydrogen) atoms. The molecule has 0 unspecified atom stereocenters. The molecule has 0 N–H and O–H groups in total. The Morgan fingerprint density at radius 1 is 1.21 bits per heavy atom. The Bertz CT molecular complexity index is 447. The normalized spacial score (nSPS) is 21.1. The molecule has 1 amide bonds. The topological polar surface area (TPSA) is 33.2 Å². The summed E-state index contributed by atoms with van der Waals surface area (Å²) >= 11 is 1.72. The standard InChI is InChI=1S/C15H22N2OS/c1-17(15(18)12-8-5-9-12)13-10-16-14(19-13)11-6-3-2-4-7-11/h10-12H,2-9H2,1H3. The lowest BCUT2D eigenvalue weighted by atomic mass is 9.84. The molecule has 2 saturated carbocycles. The minimum absolute atomic E-state index is 0.269. The van der Waals surface area contributed by atoms with E-state index in [-0.39, 0.29) is 11.8 Å². The van der Waals surface area contributed by atoms with Gasteiger partial charge in [0.25, 0.3) is 0 Å². The van der Waals surface area contributed by atoms with Gasteiger partial charge in [0.2, 0.25) is 5.91 Å². The predicted molar refractivity (Wildman–Crippen MR) is 78.7 cm³/mol. The van der Waals surface area contributed by atoms with Gasteiger partial charge in [0.15, 0.2) is 0 Å². The van der Waals surface area contributed by atoms with Crippen molar-refractivity contribution in [3.05, 3.63) is 11.2 Å². The molecule has 1 heterocycles. The summed E-state index contributed by atoms with van der Waals surface area (Å²) in [6, 6.07) is 0. The third-order valence-corrected chi connectivity index (χ3v) is 5.82. The van der Waals surface area contributed by atoms with Crippen LogP contribution < -0.4 is 4.90 Å². The number of nitrogens with zero attached hydrogens (tertiary/aromatic N) is 2. The molecule has 0 aliphatic heterocycles. The number of anilines is 1. The van der Waals surface area contributed by atoms with Crippen LogP contribution in [0, 0.1) is 5.92 Å². The summed E-state index contributed by atoms with van der Waals surface area (Å²) in [5, 5.41) is 2.26. The van der Waals surface area contributed by atoms with Gasteiger partial charge in [-0.2, -0.15) is 0 Å². The van der Waals surface area contributed by atoms with Gasteiger partial charge >= 0.3 is 0 Å². The first kappa shape index (κ1) is 13.1. The third kappa shape index (κ3) is 2.69. The Hall–Kier alpha value is -0.900. The van der Waals surface area contributed by atoms with Crippen LogP contribution in [0.25, 0.3) is 0 Å². The molecule has 0 radical (unpaired) electrons. The molecule has 0 spiro atoms. The maximum absolute atomic E-state index is 12.2. The summed E-state index contributed by atoms with van der Waals surface area (Å²) in [5.41, 5.74) is 0. The third-order valence-electron chi connectivity index (χ3n) is 4.58. The van der Waals surface area contributed by atoms with Gasteiger partial charge in [-0.25, -0.2) is 4.98 Å². The van der Waals surface area contributed by atoms with Crippen LogP contribution in [0.3, 0.4) is 0 Å². The van der Waals surface area contributed by atoms with Crippen LogP contribution in [-0.2, 0) is 4.79 Å². The molecule has 1 aromatic heterocycles. The molecule has 0 aromatic carbocycles. The molecule has 104 valence electrons. The van der Waals surface area contributed by atoms with Gasteiger partial charge in [-0.3, -0.25) is 4.79 Å². The van der Waals surface area contributed by atoms with Gasteiger partial charge in [0.05, 0.1) is 11.2 Å². The molecule has 0 bridgehead atoms. The summed E-state index contributed by atoms with van der Waals surface area (Å²) in [7, 11) is 1.90. The average molecular weight is 278 g/mol. The fraction of sp³-hybridized carbons (Fsp3) is 0.733. The molecule has 2 fully saturated rings. The van der Waals surface area contributed by atoms with E-state index < -0.39 is 0 Å². The number of thiazole rings is 1. The maximum atomic E-state index is 12.2. The van der Waals surface area contributed by atoms with Crippen LogP contribution in [0.4, 0.5) is 5.00 Å². The lowest BCUT2D eigenvalue weighted by molar-refractivity contribution is -0.124. The molecule has 1 aromatic rings. The number of carbonyl (C=O) groups excluding carboxylic acids is 1. The molecule has 4 heteroatoms. The summed E-state index contributed by atoms with van der Waals surface area (Å²) < 4.78 is 0. The van der Waals surface area contributed by atoms with Crippen LogP contribution in [0.2, 0.25) is 0 Å². The van der Waals surface area contributed by atoms with E-state index >= 15 is 0 Å². The highest BCUT2D eigenvalue weighted by Crippen LogP contribution is 2.38. The van der Waals surface area contributed by atoms with Crippen LogP contribution in [0.15, 0.2) is 6.20 Å². The van der Waals surface area contributed by atoms with Crippen molar-refractivity contribution in [2.24, 2.45) is 5.92 Å². The van der Waals surface area contributed by atoms with Crippen molar-refractivity contribution in [1.82, 2.24) is 4.98 Å². The Morgan fingerprint density at radius 2 is 1.95 bits per heavy atom. The second-order valence-electron chi connectivity index (χ2n) is 5.90. The Kier molecular flexibility index (Phi) is 3.87. The molecule has 0 saturated heterocycles. The quantitative estimate of drug-likeness (QED) is 0.838. The summed E-state index contributed by atoms with van der Waals surface area (Å²) in [4.78, 5) is 18.6. The number of hydrogen-bond acceptors (Lipinski definition) is 3. The molecular formula is C15H22N2OS. The Morgan fingerprint density at radius 3 is 2.58 bits per heavy atom. The van der Waals surface area contributed by atoms with Gasteiger partial charge in [0, 0.05) is 18.9 Å². The number of hydrogen-bond donors (Lipinski definition) is 0. The molecule has 2 aliphatic rings. The van der Waals surface area contributed by atoms with E-state index in [0.29, 0.717) is 5.92 Å². The molecule has 2 aliphatic carbocycles. The van der Waals surface area contributed by atoms with E-state index in [2.05, 4.69) is 4.98 Å². The fourth-order valence-corrected chi connectivity index (χ4v) is 4.06. The highest BCUT2D eigenvalue weighted by Gasteiger charge is 2.29. The van der Waals surface area contributed by atoms with Crippen molar-refractivity contribution >= 4 is 22.2 Å². The minimum Gasteiger partial charge on any atom is -0.305 e. The fourth-order valence-electron chi connectivity index (χ4n) is 3.01. The van der Waals surface area contributed by atoms with Crippen molar-refractivity contribution in [2.75, 3.05) is 11.9 Å². The molecule has 3 nitrogen and oxygen atoms in total. The van der Waals surface area contributed by atoms with Gasteiger partial charge < -0.3 is 4.90 Å². The van der Waals surface area contributed by atoms with Crippen molar-refractivity contribution in [3.8, 4) is 0 Å². The van der Waals surface area contributed by atoms with Gasteiger partial charge in [-0.1, -0.05) is 25.7 Å². The van der Waals surface area contributed by atoms with Crippen molar-refractivity contribution in [1.29, 1.82) is 0 Å². The first-order chi connectivity index (χ1) is 9.25. The SMILES string of the molecule is CN(C(=O)C1CCC1)c1cnc(C2CCCCC2)s1. The predicted octanol–water partition coefficient (Wildman–Crippen LogP) is 3.95. The first-order valence-electron chi connectivity index (χ1n) is 7.49. The first-order valence-corrected chi connectivity index (χ1v) is 8.30. The maximum Gasteiger partial charge on any atom is 0.230 e. The summed E-state index contributed by atoms with van der Waals surface area (Å²) in [6.45, 7) is 0. The monoisotopic (exact) mass is 278 g/mol. The second-order valence-corrected chi connectivity index (χ2v) is 6.94. The van der Waals surface area contributed by atoms with E-state index in [9.17, 15) is 4.79 Å². The van der Waals surface area contributed by atoms with Gasteiger partial charge in [-0.15, -0.1) is 11.3 Å². The van der Waals surface area contributed by atoms with E-state index in [1.807, 2.05) is 18.1 Å². The van der Waals surface area contributed by atoms with E-state index in [0.717, 1.165) is 17.8 Å². The van der Waals surface area contributed by atoms with Crippen molar-refractivity contribution in [3.63, 3.8) is 0 Å². The Labute approximate surface area is 119 Å². The van der Waals surface area contributed by atoms with E-state index in [4.69, 9.17) is 0 Å². The van der Waals surface area contributed by atoms with Gasteiger partial charge in [-0.05, 0) is 25.7 Å². The Balaban J connectivity index is 1.67. The average Bonchev–Trinajstić information content (AvgIpc) is 2.86. The summed E-state index contributed by atoms with van der Waals surface area (Å²) in [6.07, 6.45) is 11.8. The highest BCUT2D eigenvalue weighted by molar-refractivity contribution is 7.16.